The van der Waals surface area contributed by atoms with Gasteiger partial charge in [0.2, 0.25) is 0 Å². The smallest absolute Gasteiger partial charge is 0.0724 e. The van der Waals surface area contributed by atoms with Gasteiger partial charge in [0.25, 0.3) is 0 Å². The second-order valence-electron chi connectivity index (χ2n) is 4.46. The molecule has 76 valence electrons. The van der Waals surface area contributed by atoms with Crippen molar-refractivity contribution in [2.45, 2.75) is 32.7 Å². The lowest BCUT2D eigenvalue weighted by atomic mass is 9.70. The Hall–Kier alpha value is -0.960. The van der Waals surface area contributed by atoms with Crippen molar-refractivity contribution in [2.24, 2.45) is 5.41 Å². The lowest BCUT2D eigenvalue weighted by molar-refractivity contribution is 0.156. The van der Waals surface area contributed by atoms with Crippen molar-refractivity contribution in [1.82, 2.24) is 15.3 Å². The highest BCUT2D eigenvalue weighted by Crippen LogP contribution is 2.39. The van der Waals surface area contributed by atoms with Gasteiger partial charge in [0.05, 0.1) is 5.69 Å². The second kappa shape index (κ2) is 4.05. The van der Waals surface area contributed by atoms with Crippen molar-refractivity contribution >= 4 is 0 Å². The maximum atomic E-state index is 4.22. The van der Waals surface area contributed by atoms with E-state index < -0.39 is 0 Å². The van der Waals surface area contributed by atoms with Crippen molar-refractivity contribution in [3.8, 4) is 0 Å². The molecular formula is C11H17N3. The first-order chi connectivity index (χ1) is 6.79. The van der Waals surface area contributed by atoms with Crippen LogP contribution in [0.2, 0.25) is 0 Å². The molecule has 1 aromatic heterocycles. The van der Waals surface area contributed by atoms with Crippen LogP contribution in [0.1, 0.15) is 31.9 Å². The molecule has 0 saturated heterocycles. The van der Waals surface area contributed by atoms with E-state index in [9.17, 15) is 0 Å². The van der Waals surface area contributed by atoms with Crippen LogP contribution < -0.4 is 5.32 Å². The molecule has 1 aliphatic carbocycles. The summed E-state index contributed by atoms with van der Waals surface area (Å²) in [5, 5.41) is 3.44. The Bertz CT molecular complexity index is 280. The summed E-state index contributed by atoms with van der Waals surface area (Å²) < 4.78 is 0. The molecule has 0 unspecified atom stereocenters. The predicted molar refractivity (Wildman–Crippen MR) is 55.7 cm³/mol. The summed E-state index contributed by atoms with van der Waals surface area (Å²) in [5.41, 5.74) is 1.57. The van der Waals surface area contributed by atoms with Crippen molar-refractivity contribution in [1.29, 1.82) is 0 Å². The largest absolute Gasteiger partial charge is 0.311 e. The van der Waals surface area contributed by atoms with Gasteiger partial charge < -0.3 is 5.32 Å². The standard InChI is InChI=1S/C11H17N3/c1-11(3-2-4-11)9-13-8-10-7-12-5-6-14-10/h5-7,13H,2-4,8-9H2,1H3. The van der Waals surface area contributed by atoms with E-state index in [2.05, 4.69) is 22.2 Å². The SMILES string of the molecule is CC1(CNCc2cnccn2)CCC1. The van der Waals surface area contributed by atoms with Crippen molar-refractivity contribution in [3.63, 3.8) is 0 Å². The lowest BCUT2D eigenvalue weighted by Crippen LogP contribution is -2.37. The Morgan fingerprint density at radius 3 is 2.86 bits per heavy atom. The molecule has 3 heteroatoms. The zero-order valence-corrected chi connectivity index (χ0v) is 8.66. The molecule has 0 amide bonds. The lowest BCUT2D eigenvalue weighted by Gasteiger charge is -2.38. The van der Waals surface area contributed by atoms with Gasteiger partial charge in [-0.1, -0.05) is 13.3 Å². The van der Waals surface area contributed by atoms with E-state index in [1.807, 2.05) is 6.20 Å². The summed E-state index contributed by atoms with van der Waals surface area (Å²) in [6.07, 6.45) is 9.37. The van der Waals surface area contributed by atoms with Gasteiger partial charge in [-0.15, -0.1) is 0 Å². The summed E-state index contributed by atoms with van der Waals surface area (Å²) in [5.74, 6) is 0. The topological polar surface area (TPSA) is 37.8 Å². The molecular weight excluding hydrogens is 174 g/mol. The highest BCUT2D eigenvalue weighted by molar-refractivity contribution is 4.94. The fraction of sp³-hybridized carbons (Fsp3) is 0.636. The zero-order chi connectivity index (χ0) is 9.86. The van der Waals surface area contributed by atoms with Crippen molar-refractivity contribution in [2.75, 3.05) is 6.54 Å². The first-order valence-corrected chi connectivity index (χ1v) is 5.24. The van der Waals surface area contributed by atoms with Crippen LogP contribution in [-0.2, 0) is 6.54 Å². The van der Waals surface area contributed by atoms with E-state index in [-0.39, 0.29) is 0 Å². The normalized spacial score (nSPS) is 18.9. The van der Waals surface area contributed by atoms with E-state index in [1.165, 1.54) is 19.3 Å². The third-order valence-electron chi connectivity index (χ3n) is 3.04. The molecule has 0 aliphatic heterocycles. The number of nitrogens with zero attached hydrogens (tertiary/aromatic N) is 2. The molecule has 0 spiro atoms. The van der Waals surface area contributed by atoms with Gasteiger partial charge in [-0.05, 0) is 18.3 Å². The summed E-state index contributed by atoms with van der Waals surface area (Å²) in [7, 11) is 0. The Morgan fingerprint density at radius 1 is 1.43 bits per heavy atom. The molecule has 1 aliphatic rings. The summed E-state index contributed by atoms with van der Waals surface area (Å²) in [6.45, 7) is 4.28. The van der Waals surface area contributed by atoms with Crippen LogP contribution in [0.15, 0.2) is 18.6 Å². The van der Waals surface area contributed by atoms with Crippen LogP contribution in [-0.4, -0.2) is 16.5 Å². The number of hydrogen-bond donors (Lipinski definition) is 1. The second-order valence-corrected chi connectivity index (χ2v) is 4.46. The van der Waals surface area contributed by atoms with Gasteiger partial charge in [0, 0.05) is 31.7 Å². The molecule has 1 saturated carbocycles. The number of aromatic nitrogens is 2. The van der Waals surface area contributed by atoms with Gasteiger partial charge in [-0.3, -0.25) is 9.97 Å². The van der Waals surface area contributed by atoms with Gasteiger partial charge in [0.1, 0.15) is 0 Å². The third-order valence-corrected chi connectivity index (χ3v) is 3.04. The Kier molecular flexibility index (Phi) is 2.77. The van der Waals surface area contributed by atoms with Crippen LogP contribution in [0, 0.1) is 5.41 Å². The molecule has 1 fully saturated rings. The molecule has 0 aromatic carbocycles. The van der Waals surface area contributed by atoms with Gasteiger partial charge in [-0.25, -0.2) is 0 Å². The maximum Gasteiger partial charge on any atom is 0.0724 e. The Labute approximate surface area is 85.0 Å². The fourth-order valence-electron chi connectivity index (χ4n) is 1.87. The van der Waals surface area contributed by atoms with Crippen LogP contribution >= 0.6 is 0 Å². The molecule has 0 atom stereocenters. The average Bonchev–Trinajstić information content (AvgIpc) is 2.17. The van der Waals surface area contributed by atoms with Crippen LogP contribution in [0.25, 0.3) is 0 Å². The highest BCUT2D eigenvalue weighted by atomic mass is 14.9. The quantitative estimate of drug-likeness (QED) is 0.788. The summed E-state index contributed by atoms with van der Waals surface area (Å²) >= 11 is 0. The molecule has 1 N–H and O–H groups in total. The molecule has 1 aromatic rings. The number of hydrogen-bond acceptors (Lipinski definition) is 3. The molecule has 14 heavy (non-hydrogen) atoms. The predicted octanol–water partition coefficient (Wildman–Crippen LogP) is 1.76. The van der Waals surface area contributed by atoms with E-state index >= 15 is 0 Å². The highest BCUT2D eigenvalue weighted by Gasteiger charge is 2.30. The van der Waals surface area contributed by atoms with Crippen LogP contribution in [0.5, 0.6) is 0 Å². The van der Waals surface area contributed by atoms with Crippen molar-refractivity contribution < 1.29 is 0 Å². The summed E-state index contributed by atoms with van der Waals surface area (Å²) in [6, 6.07) is 0. The third kappa shape index (κ3) is 2.29. The minimum absolute atomic E-state index is 0.544. The number of nitrogens with one attached hydrogen (secondary N) is 1. The first-order valence-electron chi connectivity index (χ1n) is 5.24. The summed E-state index contributed by atoms with van der Waals surface area (Å²) in [4.78, 5) is 8.25. The minimum atomic E-state index is 0.544. The fourth-order valence-corrected chi connectivity index (χ4v) is 1.87. The Morgan fingerprint density at radius 2 is 2.29 bits per heavy atom. The van der Waals surface area contributed by atoms with Gasteiger partial charge >= 0.3 is 0 Å². The first kappa shape index (κ1) is 9.59. The van der Waals surface area contributed by atoms with E-state index in [0.29, 0.717) is 5.41 Å². The monoisotopic (exact) mass is 191 g/mol. The molecule has 0 bridgehead atoms. The zero-order valence-electron chi connectivity index (χ0n) is 8.66. The molecule has 0 radical (unpaired) electrons. The van der Waals surface area contributed by atoms with Crippen LogP contribution in [0.4, 0.5) is 0 Å². The Balaban J connectivity index is 1.73. The number of rotatable bonds is 4. The molecule has 3 nitrogen and oxygen atoms in total. The van der Waals surface area contributed by atoms with E-state index in [0.717, 1.165) is 18.8 Å². The minimum Gasteiger partial charge on any atom is -0.311 e. The average molecular weight is 191 g/mol. The molecule has 1 heterocycles. The van der Waals surface area contributed by atoms with Gasteiger partial charge in [-0.2, -0.15) is 0 Å². The van der Waals surface area contributed by atoms with E-state index in [1.54, 1.807) is 12.4 Å². The molecule has 2 rings (SSSR count). The maximum absolute atomic E-state index is 4.22. The van der Waals surface area contributed by atoms with Gasteiger partial charge in [0.15, 0.2) is 0 Å². The van der Waals surface area contributed by atoms with Crippen molar-refractivity contribution in [3.05, 3.63) is 24.3 Å². The van der Waals surface area contributed by atoms with E-state index in [4.69, 9.17) is 0 Å². The van der Waals surface area contributed by atoms with Crippen LogP contribution in [0.3, 0.4) is 0 Å².